The highest BCUT2D eigenvalue weighted by atomic mass is 15.2. The molecular formula is C18H13N7. The summed E-state index contributed by atoms with van der Waals surface area (Å²) in [6.07, 6.45) is 8.73. The molecule has 0 aliphatic heterocycles. The molecule has 5 rings (SSSR count). The van der Waals surface area contributed by atoms with Crippen molar-refractivity contribution < 1.29 is 0 Å². The zero-order valence-electron chi connectivity index (χ0n) is 13.4. The van der Waals surface area contributed by atoms with Crippen molar-refractivity contribution in [3.63, 3.8) is 0 Å². The summed E-state index contributed by atoms with van der Waals surface area (Å²) in [7, 11) is 0. The van der Waals surface area contributed by atoms with Crippen molar-refractivity contribution in [3.05, 3.63) is 61.1 Å². The topological polar surface area (TPSA) is 80.9 Å². The second kappa shape index (κ2) is 5.20. The minimum atomic E-state index is 0.738. The summed E-state index contributed by atoms with van der Waals surface area (Å²) >= 11 is 0. The molecule has 0 saturated carbocycles. The van der Waals surface area contributed by atoms with E-state index in [1.54, 1.807) is 35.6 Å². The summed E-state index contributed by atoms with van der Waals surface area (Å²) in [4.78, 5) is 17.4. The first-order valence-electron chi connectivity index (χ1n) is 7.85. The smallest absolute Gasteiger partial charge is 0.142 e. The van der Waals surface area contributed by atoms with E-state index in [1.165, 1.54) is 0 Å². The molecule has 0 saturated heterocycles. The third-order valence-corrected chi connectivity index (χ3v) is 4.13. The van der Waals surface area contributed by atoms with Crippen molar-refractivity contribution in [3.8, 4) is 0 Å². The van der Waals surface area contributed by atoms with Crippen molar-refractivity contribution in [1.82, 2.24) is 29.5 Å². The molecule has 5 aromatic heterocycles. The summed E-state index contributed by atoms with van der Waals surface area (Å²) < 4.78 is 1.77. The van der Waals surface area contributed by atoms with Gasteiger partial charge in [-0.25, -0.2) is 14.5 Å². The lowest BCUT2D eigenvalue weighted by Crippen LogP contribution is -1.96. The fourth-order valence-corrected chi connectivity index (χ4v) is 3.03. The normalized spacial score (nSPS) is 11.4. The maximum Gasteiger partial charge on any atom is 0.142 e. The summed E-state index contributed by atoms with van der Waals surface area (Å²) in [5.74, 6) is 0.738. The predicted octanol–water partition coefficient (Wildman–Crippen LogP) is 3.27. The van der Waals surface area contributed by atoms with Gasteiger partial charge in [-0.2, -0.15) is 5.10 Å². The molecule has 0 atom stereocenters. The molecule has 0 radical (unpaired) electrons. The van der Waals surface area contributed by atoms with Gasteiger partial charge in [-0.3, -0.25) is 9.97 Å². The van der Waals surface area contributed by atoms with Crippen LogP contribution in [0.2, 0.25) is 0 Å². The zero-order valence-corrected chi connectivity index (χ0v) is 13.4. The van der Waals surface area contributed by atoms with Gasteiger partial charge in [0.05, 0.1) is 22.6 Å². The number of fused-ring (bicyclic) bond motifs is 5. The molecule has 5 heterocycles. The fourth-order valence-electron chi connectivity index (χ4n) is 3.03. The van der Waals surface area contributed by atoms with E-state index in [4.69, 9.17) is 10.1 Å². The van der Waals surface area contributed by atoms with E-state index in [-0.39, 0.29) is 0 Å². The molecule has 0 spiro atoms. The number of hydrogen-bond donors (Lipinski definition) is 1. The van der Waals surface area contributed by atoms with Crippen LogP contribution < -0.4 is 5.32 Å². The van der Waals surface area contributed by atoms with E-state index in [9.17, 15) is 0 Å². The Morgan fingerprint density at radius 2 is 1.96 bits per heavy atom. The molecule has 7 heteroatoms. The molecule has 120 valence electrons. The fraction of sp³-hybridized carbons (Fsp3) is 0.0556. The van der Waals surface area contributed by atoms with Crippen molar-refractivity contribution in [2.75, 3.05) is 5.32 Å². The molecule has 25 heavy (non-hydrogen) atoms. The molecule has 0 bridgehead atoms. The first-order valence-corrected chi connectivity index (χ1v) is 7.85. The maximum atomic E-state index is 4.78. The van der Waals surface area contributed by atoms with Crippen molar-refractivity contribution in [2.24, 2.45) is 0 Å². The molecule has 1 N–H and O–H groups in total. The summed E-state index contributed by atoms with van der Waals surface area (Å²) in [5.41, 5.74) is 4.48. The largest absolute Gasteiger partial charge is 0.339 e. The number of hydrogen-bond acceptors (Lipinski definition) is 6. The van der Waals surface area contributed by atoms with Gasteiger partial charge >= 0.3 is 0 Å². The van der Waals surface area contributed by atoms with E-state index in [0.29, 0.717) is 0 Å². The van der Waals surface area contributed by atoms with E-state index in [1.807, 2.05) is 31.2 Å². The molecule has 0 aromatic carbocycles. The van der Waals surface area contributed by atoms with Gasteiger partial charge in [0.2, 0.25) is 0 Å². The van der Waals surface area contributed by atoms with Crippen LogP contribution in [0.4, 0.5) is 11.5 Å². The minimum absolute atomic E-state index is 0.738. The number of pyridine rings is 3. The standard InChI is InChI=1S/C18H13N7/c1-11-8-12(2-7-21-11)22-18-16-15-4-6-20-10-25(15)24-17(16)13-3-5-19-9-14(13)23-18/h2-10H,1H3,(H,21,22,23). The second-order valence-corrected chi connectivity index (χ2v) is 5.80. The van der Waals surface area contributed by atoms with Gasteiger partial charge < -0.3 is 5.32 Å². The molecule has 0 amide bonds. The SMILES string of the molecule is Cc1cc(Nc2nc3cnccc3c3nn4cnccc4c23)ccn1. The highest BCUT2D eigenvalue weighted by molar-refractivity contribution is 6.14. The molecule has 0 fully saturated rings. The van der Waals surface area contributed by atoms with Crippen LogP contribution in [0.5, 0.6) is 0 Å². The number of aryl methyl sites for hydroxylation is 1. The zero-order chi connectivity index (χ0) is 16.8. The molecule has 0 unspecified atom stereocenters. The third-order valence-electron chi connectivity index (χ3n) is 4.13. The van der Waals surface area contributed by atoms with Gasteiger partial charge in [-0.15, -0.1) is 0 Å². The Labute approximate surface area is 142 Å². The van der Waals surface area contributed by atoms with Crippen LogP contribution in [0.1, 0.15) is 5.69 Å². The highest BCUT2D eigenvalue weighted by Crippen LogP contribution is 2.32. The van der Waals surface area contributed by atoms with Gasteiger partial charge in [-0.05, 0) is 31.2 Å². The van der Waals surface area contributed by atoms with Crippen molar-refractivity contribution in [1.29, 1.82) is 0 Å². The first-order chi connectivity index (χ1) is 12.3. The van der Waals surface area contributed by atoms with Crippen molar-refractivity contribution in [2.45, 2.75) is 6.92 Å². The molecule has 5 aromatic rings. The van der Waals surface area contributed by atoms with Crippen LogP contribution >= 0.6 is 0 Å². The first kappa shape index (κ1) is 13.8. The van der Waals surface area contributed by atoms with Crippen molar-refractivity contribution >= 4 is 38.8 Å². The number of anilines is 2. The van der Waals surface area contributed by atoms with Crippen LogP contribution in [-0.4, -0.2) is 29.5 Å². The predicted molar refractivity (Wildman–Crippen MR) is 95.8 cm³/mol. The molecule has 7 nitrogen and oxygen atoms in total. The maximum absolute atomic E-state index is 4.78. The quantitative estimate of drug-likeness (QED) is 0.536. The lowest BCUT2D eigenvalue weighted by molar-refractivity contribution is 0.939. The summed E-state index contributed by atoms with van der Waals surface area (Å²) in [6, 6.07) is 7.77. The number of aromatic nitrogens is 6. The molecule has 0 aliphatic rings. The second-order valence-electron chi connectivity index (χ2n) is 5.80. The van der Waals surface area contributed by atoms with E-state index < -0.39 is 0 Å². The van der Waals surface area contributed by atoms with Gasteiger partial charge in [0, 0.05) is 35.4 Å². The van der Waals surface area contributed by atoms with Crippen LogP contribution in [0.25, 0.3) is 27.3 Å². The van der Waals surface area contributed by atoms with E-state index >= 15 is 0 Å². The van der Waals surface area contributed by atoms with Gasteiger partial charge in [0.1, 0.15) is 17.7 Å². The third kappa shape index (κ3) is 2.17. The Hall–Kier alpha value is -3.61. The van der Waals surface area contributed by atoms with Crippen LogP contribution in [-0.2, 0) is 0 Å². The average Bonchev–Trinajstić information content (AvgIpc) is 3.02. The minimum Gasteiger partial charge on any atom is -0.339 e. The molecule has 0 aliphatic carbocycles. The molecular weight excluding hydrogens is 314 g/mol. The summed E-state index contributed by atoms with van der Waals surface area (Å²) in [6.45, 7) is 1.96. The lowest BCUT2D eigenvalue weighted by Gasteiger charge is -2.09. The monoisotopic (exact) mass is 327 g/mol. The average molecular weight is 327 g/mol. The number of nitrogens with one attached hydrogen (secondary N) is 1. The Kier molecular flexibility index (Phi) is 2.87. The summed E-state index contributed by atoms with van der Waals surface area (Å²) in [5, 5.41) is 10.0. The van der Waals surface area contributed by atoms with Crippen LogP contribution in [0.3, 0.4) is 0 Å². The Morgan fingerprint density at radius 3 is 2.88 bits per heavy atom. The Morgan fingerprint density at radius 1 is 1.04 bits per heavy atom. The van der Waals surface area contributed by atoms with E-state index in [2.05, 4.69) is 20.3 Å². The number of rotatable bonds is 2. The van der Waals surface area contributed by atoms with Crippen LogP contribution in [0.15, 0.2) is 55.4 Å². The Balaban J connectivity index is 1.86. The van der Waals surface area contributed by atoms with E-state index in [0.717, 1.165) is 44.5 Å². The van der Waals surface area contributed by atoms with Gasteiger partial charge in [-0.1, -0.05) is 0 Å². The Bertz CT molecular complexity index is 1240. The lowest BCUT2D eigenvalue weighted by atomic mass is 10.1. The highest BCUT2D eigenvalue weighted by Gasteiger charge is 2.15. The van der Waals surface area contributed by atoms with Gasteiger partial charge in [0.25, 0.3) is 0 Å². The van der Waals surface area contributed by atoms with Gasteiger partial charge in [0.15, 0.2) is 0 Å². The number of nitrogens with zero attached hydrogens (tertiary/aromatic N) is 6. The van der Waals surface area contributed by atoms with Crippen LogP contribution in [0, 0.1) is 6.92 Å².